The zero-order valence-electron chi connectivity index (χ0n) is 12.5. The van der Waals surface area contributed by atoms with Crippen LogP contribution in [0.15, 0.2) is 36.0 Å². The minimum Gasteiger partial charge on any atom is -0.316 e. The van der Waals surface area contributed by atoms with Gasteiger partial charge >= 0.3 is 0 Å². The Kier molecular flexibility index (Phi) is 4.40. The first kappa shape index (κ1) is 14.6. The molecule has 114 valence electrons. The van der Waals surface area contributed by atoms with Crippen LogP contribution in [0.2, 0.25) is 0 Å². The van der Waals surface area contributed by atoms with Crippen molar-refractivity contribution in [2.45, 2.75) is 6.54 Å². The molecule has 3 heterocycles. The zero-order valence-corrected chi connectivity index (χ0v) is 13.3. The molecule has 7 nitrogen and oxygen atoms in total. The van der Waals surface area contributed by atoms with Crippen molar-refractivity contribution in [2.75, 3.05) is 26.0 Å². The lowest BCUT2D eigenvalue weighted by Gasteiger charge is -2.07. The number of hydrogen-bond donors (Lipinski definition) is 1. The maximum Gasteiger partial charge on any atom is 0.188 e. The average molecular weight is 315 g/mol. The van der Waals surface area contributed by atoms with Crippen molar-refractivity contribution in [2.24, 2.45) is 0 Å². The second kappa shape index (κ2) is 6.63. The Morgan fingerprint density at radius 3 is 2.95 bits per heavy atom. The van der Waals surface area contributed by atoms with Crippen molar-refractivity contribution in [3.63, 3.8) is 0 Å². The molecule has 0 bridgehead atoms. The van der Waals surface area contributed by atoms with Crippen LogP contribution in [0.3, 0.4) is 0 Å². The molecule has 0 aromatic carbocycles. The Bertz CT molecular complexity index is 720. The predicted molar refractivity (Wildman–Crippen MR) is 87.2 cm³/mol. The van der Waals surface area contributed by atoms with Gasteiger partial charge in [0.15, 0.2) is 5.13 Å². The van der Waals surface area contributed by atoms with Crippen molar-refractivity contribution in [1.82, 2.24) is 29.9 Å². The second-order valence-electron chi connectivity index (χ2n) is 5.05. The topological polar surface area (TPSA) is 71.8 Å². The lowest BCUT2D eigenvalue weighted by atomic mass is 10.4. The summed E-state index contributed by atoms with van der Waals surface area (Å²) in [4.78, 5) is 10.9. The molecular weight excluding hydrogens is 298 g/mol. The lowest BCUT2D eigenvalue weighted by molar-refractivity contribution is 0.370. The number of rotatable bonds is 6. The van der Waals surface area contributed by atoms with E-state index in [9.17, 15) is 0 Å². The monoisotopic (exact) mass is 315 g/mol. The summed E-state index contributed by atoms with van der Waals surface area (Å²) in [5.74, 6) is 0.776. The third-order valence-electron chi connectivity index (χ3n) is 2.98. The van der Waals surface area contributed by atoms with Gasteiger partial charge in [-0.1, -0.05) is 11.3 Å². The van der Waals surface area contributed by atoms with Crippen LogP contribution >= 0.6 is 11.3 Å². The predicted octanol–water partition coefficient (Wildman–Crippen LogP) is 2.10. The first-order valence-electron chi connectivity index (χ1n) is 6.89. The van der Waals surface area contributed by atoms with Crippen LogP contribution in [0.5, 0.6) is 0 Å². The maximum absolute atomic E-state index is 4.53. The van der Waals surface area contributed by atoms with Crippen molar-refractivity contribution < 1.29 is 0 Å². The minimum atomic E-state index is 0.776. The summed E-state index contributed by atoms with van der Waals surface area (Å²) in [6.07, 6.45) is 3.66. The summed E-state index contributed by atoms with van der Waals surface area (Å²) in [6, 6.07) is 5.71. The molecule has 3 aromatic rings. The van der Waals surface area contributed by atoms with E-state index in [-0.39, 0.29) is 0 Å². The largest absolute Gasteiger partial charge is 0.316 e. The Morgan fingerprint density at radius 2 is 2.18 bits per heavy atom. The van der Waals surface area contributed by atoms with E-state index in [1.807, 2.05) is 48.6 Å². The molecule has 0 spiro atoms. The fraction of sp³-hybridized carbons (Fsp3) is 0.286. The molecule has 8 heteroatoms. The van der Waals surface area contributed by atoms with Crippen LogP contribution in [0.25, 0.3) is 11.4 Å². The van der Waals surface area contributed by atoms with Gasteiger partial charge in [0, 0.05) is 18.1 Å². The first-order chi connectivity index (χ1) is 10.7. The van der Waals surface area contributed by atoms with Crippen molar-refractivity contribution in [3.8, 4) is 11.4 Å². The number of thiazole rings is 1. The summed E-state index contributed by atoms with van der Waals surface area (Å²) in [5, 5.41) is 14.2. The third-order valence-corrected chi connectivity index (χ3v) is 3.74. The van der Waals surface area contributed by atoms with Crippen LogP contribution in [0.4, 0.5) is 10.9 Å². The number of likely N-dealkylation sites (N-methyl/N-ethyl adjacent to an activating group) is 1. The summed E-state index contributed by atoms with van der Waals surface area (Å²) >= 11 is 1.52. The summed E-state index contributed by atoms with van der Waals surface area (Å²) in [6.45, 7) is 1.73. The van der Waals surface area contributed by atoms with Gasteiger partial charge in [0.25, 0.3) is 0 Å². The average Bonchev–Trinajstić information content (AvgIpc) is 3.15. The molecule has 22 heavy (non-hydrogen) atoms. The molecule has 0 aliphatic carbocycles. The Labute approximate surface area is 132 Å². The van der Waals surface area contributed by atoms with Gasteiger partial charge < -0.3 is 10.2 Å². The SMILES string of the molecule is CN(C)CCn1cc(-c2csc(Nc3ccccn3)n2)nn1. The maximum atomic E-state index is 4.53. The molecule has 0 fully saturated rings. The Morgan fingerprint density at radius 1 is 1.27 bits per heavy atom. The minimum absolute atomic E-state index is 0.776. The second-order valence-corrected chi connectivity index (χ2v) is 5.91. The molecule has 3 rings (SSSR count). The van der Waals surface area contributed by atoms with Gasteiger partial charge in [-0.3, -0.25) is 4.68 Å². The quantitative estimate of drug-likeness (QED) is 0.751. The molecule has 0 atom stereocenters. The highest BCUT2D eigenvalue weighted by atomic mass is 32.1. The van der Waals surface area contributed by atoms with E-state index in [1.165, 1.54) is 11.3 Å². The Hall–Kier alpha value is -2.32. The fourth-order valence-corrected chi connectivity index (χ4v) is 2.53. The molecule has 1 N–H and O–H groups in total. The van der Waals surface area contributed by atoms with Gasteiger partial charge in [-0.15, -0.1) is 16.4 Å². The molecule has 0 aliphatic rings. The van der Waals surface area contributed by atoms with Gasteiger partial charge in [-0.25, -0.2) is 9.97 Å². The zero-order chi connectivity index (χ0) is 15.4. The van der Waals surface area contributed by atoms with Crippen molar-refractivity contribution in [1.29, 1.82) is 0 Å². The highest BCUT2D eigenvalue weighted by Crippen LogP contribution is 2.25. The third kappa shape index (κ3) is 3.66. The van der Waals surface area contributed by atoms with Crippen LogP contribution in [-0.2, 0) is 6.54 Å². The van der Waals surface area contributed by atoms with E-state index < -0.39 is 0 Å². The highest BCUT2D eigenvalue weighted by Gasteiger charge is 2.09. The van der Waals surface area contributed by atoms with Crippen molar-refractivity contribution >= 4 is 22.3 Å². The molecule has 0 aliphatic heterocycles. The van der Waals surface area contributed by atoms with Crippen LogP contribution in [0.1, 0.15) is 0 Å². The molecule has 0 radical (unpaired) electrons. The van der Waals surface area contributed by atoms with Gasteiger partial charge in [0.2, 0.25) is 0 Å². The van der Waals surface area contributed by atoms with E-state index in [1.54, 1.807) is 6.20 Å². The molecule has 0 amide bonds. The summed E-state index contributed by atoms with van der Waals surface area (Å²) in [7, 11) is 4.07. The normalized spacial score (nSPS) is 11.0. The van der Waals surface area contributed by atoms with Crippen LogP contribution < -0.4 is 5.32 Å². The molecule has 0 saturated carbocycles. The Balaban J connectivity index is 1.68. The number of aromatic nitrogens is 5. The number of hydrogen-bond acceptors (Lipinski definition) is 7. The molecular formula is C14H17N7S. The standard InChI is InChI=1S/C14H17N7S/c1-20(2)7-8-21-9-11(18-19-21)12-10-22-14(16-12)17-13-5-3-4-6-15-13/h3-6,9-10H,7-8H2,1-2H3,(H,15,16,17). The van der Waals surface area contributed by atoms with Crippen LogP contribution in [-0.4, -0.2) is 50.5 Å². The summed E-state index contributed by atoms with van der Waals surface area (Å²) in [5.41, 5.74) is 1.60. The number of anilines is 2. The van der Waals surface area contributed by atoms with Gasteiger partial charge in [0.1, 0.15) is 17.2 Å². The van der Waals surface area contributed by atoms with E-state index >= 15 is 0 Å². The summed E-state index contributed by atoms with van der Waals surface area (Å²) < 4.78 is 1.83. The van der Waals surface area contributed by atoms with Crippen LogP contribution in [0, 0.1) is 0 Å². The molecule has 0 saturated heterocycles. The van der Waals surface area contributed by atoms with Gasteiger partial charge in [0.05, 0.1) is 12.7 Å². The molecule has 3 aromatic heterocycles. The highest BCUT2D eigenvalue weighted by molar-refractivity contribution is 7.14. The van der Waals surface area contributed by atoms with E-state index in [0.717, 1.165) is 35.4 Å². The van der Waals surface area contributed by atoms with Gasteiger partial charge in [-0.05, 0) is 26.2 Å². The van der Waals surface area contributed by atoms with E-state index in [0.29, 0.717) is 0 Å². The number of pyridine rings is 1. The van der Waals surface area contributed by atoms with Crippen molar-refractivity contribution in [3.05, 3.63) is 36.0 Å². The number of nitrogens with zero attached hydrogens (tertiary/aromatic N) is 6. The smallest absolute Gasteiger partial charge is 0.188 e. The first-order valence-corrected chi connectivity index (χ1v) is 7.77. The lowest BCUT2D eigenvalue weighted by Crippen LogP contribution is -2.18. The fourth-order valence-electron chi connectivity index (χ4n) is 1.82. The van der Waals surface area contributed by atoms with Gasteiger partial charge in [-0.2, -0.15) is 0 Å². The number of nitrogens with one attached hydrogen (secondary N) is 1. The van der Waals surface area contributed by atoms with E-state index in [4.69, 9.17) is 0 Å². The van der Waals surface area contributed by atoms with E-state index in [2.05, 4.69) is 30.5 Å². The molecule has 0 unspecified atom stereocenters.